The third-order valence-corrected chi connectivity index (χ3v) is 4.17. The minimum atomic E-state index is 1.06. The van der Waals surface area contributed by atoms with E-state index >= 15 is 0 Å². The zero-order valence-corrected chi connectivity index (χ0v) is 12.4. The van der Waals surface area contributed by atoms with Crippen LogP contribution in [-0.4, -0.2) is 6.16 Å². The maximum atomic E-state index is 2.31. The maximum absolute atomic E-state index is 2.31. The Bertz CT molecular complexity index is 140. The van der Waals surface area contributed by atoms with Crippen LogP contribution in [0.25, 0.3) is 0 Å². The van der Waals surface area contributed by atoms with Gasteiger partial charge in [0.2, 0.25) is 0 Å². The summed E-state index contributed by atoms with van der Waals surface area (Å²) < 4.78 is 0. The molecular weight excluding hydrogens is 211 g/mol. The molecule has 0 heterocycles. The lowest BCUT2D eigenvalue weighted by molar-refractivity contribution is 0.563. The molecule has 0 saturated carbocycles. The third kappa shape index (κ3) is 14.2. The Hall–Kier alpha value is 0.170. The van der Waals surface area contributed by atoms with Crippen LogP contribution < -0.4 is 0 Å². The van der Waals surface area contributed by atoms with E-state index in [1.54, 1.807) is 0 Å². The van der Waals surface area contributed by atoms with Crippen molar-refractivity contribution in [3.05, 3.63) is 11.9 Å². The predicted molar refractivity (Wildman–Crippen MR) is 79.8 cm³/mol. The van der Waals surface area contributed by atoms with Gasteiger partial charge in [-0.05, 0) is 19.5 Å². The number of unbranched alkanes of at least 4 members (excludes halogenated alkanes) is 9. The van der Waals surface area contributed by atoms with E-state index in [4.69, 9.17) is 0 Å². The van der Waals surface area contributed by atoms with Gasteiger partial charge in [0, 0.05) is 0 Å². The second-order valence-electron chi connectivity index (χ2n) is 4.64. The zero-order chi connectivity index (χ0) is 11.9. The first-order valence-electron chi connectivity index (χ1n) is 7.26. The highest BCUT2D eigenvalue weighted by molar-refractivity contribution is 7.41. The highest BCUT2D eigenvalue weighted by Gasteiger charge is 1.92. The Morgan fingerprint density at radius 2 is 1.25 bits per heavy atom. The van der Waals surface area contributed by atoms with E-state index in [1.165, 1.54) is 70.4 Å². The lowest BCUT2D eigenvalue weighted by Gasteiger charge is -2.01. The molecule has 0 aromatic carbocycles. The van der Waals surface area contributed by atoms with E-state index in [0.717, 1.165) is 8.58 Å². The molecule has 0 fully saturated rings. The van der Waals surface area contributed by atoms with E-state index in [2.05, 4.69) is 25.7 Å². The molecular formula is C15H31P. The SMILES string of the molecule is CC=CPCCCCCCCCCCCC. The molecule has 0 aromatic rings. The van der Waals surface area contributed by atoms with Gasteiger partial charge in [0.05, 0.1) is 0 Å². The summed E-state index contributed by atoms with van der Waals surface area (Å²) in [7, 11) is 1.06. The lowest BCUT2D eigenvalue weighted by atomic mass is 10.1. The molecule has 0 aromatic heterocycles. The first-order chi connectivity index (χ1) is 7.91. The molecule has 16 heavy (non-hydrogen) atoms. The molecule has 0 aliphatic heterocycles. The predicted octanol–water partition coefficient (Wildman–Crippen LogP) is 6.12. The van der Waals surface area contributed by atoms with E-state index in [-0.39, 0.29) is 0 Å². The summed E-state index contributed by atoms with van der Waals surface area (Å²) in [6.07, 6.45) is 18.1. The lowest BCUT2D eigenvalue weighted by Crippen LogP contribution is -1.82. The molecule has 1 atom stereocenters. The van der Waals surface area contributed by atoms with E-state index in [9.17, 15) is 0 Å². The fraction of sp³-hybridized carbons (Fsp3) is 0.867. The van der Waals surface area contributed by atoms with Crippen LogP contribution in [0.4, 0.5) is 0 Å². The summed E-state index contributed by atoms with van der Waals surface area (Å²) in [5.74, 6) is 2.31. The van der Waals surface area contributed by atoms with E-state index in [1.807, 2.05) is 0 Å². The van der Waals surface area contributed by atoms with Crippen molar-refractivity contribution in [3.63, 3.8) is 0 Å². The molecule has 0 saturated heterocycles. The van der Waals surface area contributed by atoms with Crippen LogP contribution in [0.15, 0.2) is 11.9 Å². The first-order valence-corrected chi connectivity index (χ1v) is 8.54. The van der Waals surface area contributed by atoms with Crippen molar-refractivity contribution >= 4 is 8.58 Å². The van der Waals surface area contributed by atoms with Crippen molar-refractivity contribution in [3.8, 4) is 0 Å². The van der Waals surface area contributed by atoms with Crippen LogP contribution in [0.5, 0.6) is 0 Å². The summed E-state index contributed by atoms with van der Waals surface area (Å²) in [5.41, 5.74) is 0. The van der Waals surface area contributed by atoms with E-state index < -0.39 is 0 Å². The van der Waals surface area contributed by atoms with Gasteiger partial charge < -0.3 is 0 Å². The standard InChI is InChI=1S/C15H31P/c1-3-5-6-7-8-9-10-11-12-13-15-16-14-4-2/h4,14,16H,3,5-13,15H2,1-2H3. The number of hydrogen-bond donors (Lipinski definition) is 0. The van der Waals surface area contributed by atoms with Crippen LogP contribution in [0.1, 0.15) is 78.1 Å². The van der Waals surface area contributed by atoms with Crippen LogP contribution in [0.2, 0.25) is 0 Å². The highest BCUT2D eigenvalue weighted by Crippen LogP contribution is 2.16. The molecule has 0 bridgehead atoms. The molecule has 0 aliphatic rings. The Morgan fingerprint density at radius 1 is 0.750 bits per heavy atom. The van der Waals surface area contributed by atoms with Gasteiger partial charge in [-0.2, -0.15) is 0 Å². The Balaban J connectivity index is 2.88. The van der Waals surface area contributed by atoms with Gasteiger partial charge in [-0.3, -0.25) is 0 Å². The van der Waals surface area contributed by atoms with Crippen LogP contribution in [-0.2, 0) is 0 Å². The van der Waals surface area contributed by atoms with E-state index in [0.29, 0.717) is 0 Å². The Morgan fingerprint density at radius 3 is 1.75 bits per heavy atom. The number of allylic oxidation sites excluding steroid dienone is 1. The van der Waals surface area contributed by atoms with Crippen molar-refractivity contribution in [1.82, 2.24) is 0 Å². The molecule has 0 rings (SSSR count). The van der Waals surface area contributed by atoms with Crippen molar-refractivity contribution in [2.75, 3.05) is 6.16 Å². The Kier molecular flexibility index (Phi) is 15.3. The average Bonchev–Trinajstić information content (AvgIpc) is 2.31. The zero-order valence-electron chi connectivity index (χ0n) is 11.4. The van der Waals surface area contributed by atoms with Crippen molar-refractivity contribution in [2.24, 2.45) is 0 Å². The van der Waals surface area contributed by atoms with Crippen molar-refractivity contribution < 1.29 is 0 Å². The van der Waals surface area contributed by atoms with Gasteiger partial charge in [0.25, 0.3) is 0 Å². The van der Waals surface area contributed by atoms with Gasteiger partial charge in [-0.25, -0.2) is 0 Å². The van der Waals surface area contributed by atoms with Gasteiger partial charge in [0.1, 0.15) is 0 Å². The van der Waals surface area contributed by atoms with Crippen molar-refractivity contribution in [1.29, 1.82) is 0 Å². The Labute approximate surface area is 105 Å². The quantitative estimate of drug-likeness (QED) is 0.286. The summed E-state index contributed by atoms with van der Waals surface area (Å²) in [5, 5.41) is 0. The van der Waals surface area contributed by atoms with Gasteiger partial charge in [-0.1, -0.05) is 85.2 Å². The molecule has 0 N–H and O–H groups in total. The fourth-order valence-corrected chi connectivity index (χ4v) is 2.77. The average molecular weight is 242 g/mol. The second-order valence-corrected chi connectivity index (χ2v) is 5.88. The highest BCUT2D eigenvalue weighted by atomic mass is 31.1. The third-order valence-electron chi connectivity index (χ3n) is 2.96. The molecule has 1 unspecified atom stereocenters. The molecule has 0 nitrogen and oxygen atoms in total. The number of rotatable bonds is 12. The monoisotopic (exact) mass is 242 g/mol. The molecule has 0 amide bonds. The molecule has 96 valence electrons. The molecule has 1 heteroatoms. The summed E-state index contributed by atoms with van der Waals surface area (Å²) in [4.78, 5) is 0. The van der Waals surface area contributed by atoms with Gasteiger partial charge in [-0.15, -0.1) is 0 Å². The molecule has 0 aliphatic carbocycles. The molecule has 0 radical (unpaired) electrons. The van der Waals surface area contributed by atoms with Crippen molar-refractivity contribution in [2.45, 2.75) is 78.1 Å². The van der Waals surface area contributed by atoms with Crippen LogP contribution in [0.3, 0.4) is 0 Å². The summed E-state index contributed by atoms with van der Waals surface area (Å²) in [6, 6.07) is 0. The van der Waals surface area contributed by atoms with Gasteiger partial charge >= 0.3 is 0 Å². The smallest absolute Gasteiger partial charge is 0.0319 e. The second kappa shape index (κ2) is 15.2. The summed E-state index contributed by atoms with van der Waals surface area (Å²) >= 11 is 0. The van der Waals surface area contributed by atoms with Crippen LogP contribution >= 0.6 is 8.58 Å². The maximum Gasteiger partial charge on any atom is -0.0319 e. The van der Waals surface area contributed by atoms with Crippen LogP contribution in [0, 0.1) is 0 Å². The number of hydrogen-bond acceptors (Lipinski definition) is 0. The minimum absolute atomic E-state index is 1.06. The first kappa shape index (κ1) is 16.2. The molecule has 0 spiro atoms. The normalized spacial score (nSPS) is 12.1. The van der Waals surface area contributed by atoms with Gasteiger partial charge in [0.15, 0.2) is 0 Å². The summed E-state index contributed by atoms with van der Waals surface area (Å²) in [6.45, 7) is 4.40. The topological polar surface area (TPSA) is 0 Å². The fourth-order valence-electron chi connectivity index (χ4n) is 1.92. The largest absolute Gasteiger partial charge is 0.0988 e. The minimum Gasteiger partial charge on any atom is -0.0988 e.